The molecule has 1 heterocycles. The Hall–Kier alpha value is -1.72. The number of alkyl halides is 2. The molecule has 0 fully saturated rings. The molecule has 0 saturated carbocycles. The van der Waals surface area contributed by atoms with Crippen molar-refractivity contribution in [2.75, 3.05) is 0 Å². The minimum Gasteiger partial charge on any atom is -0.506 e. The Labute approximate surface area is 77.8 Å². The topological polar surface area (TPSA) is 70.4 Å². The molecule has 0 aliphatic rings. The van der Waals surface area contributed by atoms with Gasteiger partial charge in [-0.05, 0) is 6.92 Å². The van der Waals surface area contributed by atoms with Gasteiger partial charge >= 0.3 is 5.97 Å². The van der Waals surface area contributed by atoms with Crippen LogP contribution in [0.1, 0.15) is 28.0 Å². The summed E-state index contributed by atoms with van der Waals surface area (Å²) in [7, 11) is 0. The second-order valence-electron chi connectivity index (χ2n) is 2.62. The van der Waals surface area contributed by atoms with Crippen LogP contribution in [-0.2, 0) is 0 Å². The summed E-state index contributed by atoms with van der Waals surface area (Å²) in [6.45, 7) is 1.29. The van der Waals surface area contributed by atoms with Crippen LogP contribution < -0.4 is 0 Å². The number of halogens is 2. The number of pyridine rings is 1. The molecular formula is C8H7F2NO3. The zero-order valence-corrected chi connectivity index (χ0v) is 7.16. The molecule has 76 valence electrons. The van der Waals surface area contributed by atoms with Crippen LogP contribution in [-0.4, -0.2) is 21.2 Å². The van der Waals surface area contributed by atoms with Crippen molar-refractivity contribution >= 4 is 5.97 Å². The van der Waals surface area contributed by atoms with Gasteiger partial charge in [0.2, 0.25) is 0 Å². The SMILES string of the molecule is Cc1ncc(O)c(C(F)F)c1C(=O)O. The second-order valence-corrected chi connectivity index (χ2v) is 2.62. The van der Waals surface area contributed by atoms with Crippen molar-refractivity contribution in [3.63, 3.8) is 0 Å². The lowest BCUT2D eigenvalue weighted by Gasteiger charge is -2.08. The van der Waals surface area contributed by atoms with E-state index in [2.05, 4.69) is 4.98 Å². The summed E-state index contributed by atoms with van der Waals surface area (Å²) >= 11 is 0. The molecule has 0 bridgehead atoms. The number of nitrogens with zero attached hydrogens (tertiary/aromatic N) is 1. The largest absolute Gasteiger partial charge is 0.506 e. The van der Waals surface area contributed by atoms with E-state index in [-0.39, 0.29) is 5.69 Å². The molecule has 4 nitrogen and oxygen atoms in total. The maximum absolute atomic E-state index is 12.4. The summed E-state index contributed by atoms with van der Waals surface area (Å²) in [4.78, 5) is 14.1. The van der Waals surface area contributed by atoms with Crippen molar-refractivity contribution in [1.29, 1.82) is 0 Å². The normalized spacial score (nSPS) is 10.6. The number of aromatic carboxylic acids is 1. The number of carbonyl (C=O) groups is 1. The number of aryl methyl sites for hydroxylation is 1. The van der Waals surface area contributed by atoms with Gasteiger partial charge in [-0.2, -0.15) is 0 Å². The fraction of sp³-hybridized carbons (Fsp3) is 0.250. The first kappa shape index (κ1) is 10.4. The molecule has 14 heavy (non-hydrogen) atoms. The molecule has 1 aromatic rings. The highest BCUT2D eigenvalue weighted by Crippen LogP contribution is 2.31. The molecule has 1 aromatic heterocycles. The lowest BCUT2D eigenvalue weighted by atomic mass is 10.1. The predicted octanol–water partition coefficient (Wildman–Crippen LogP) is 1.73. The Morgan fingerprint density at radius 3 is 2.50 bits per heavy atom. The van der Waals surface area contributed by atoms with E-state index in [4.69, 9.17) is 10.2 Å². The first-order chi connectivity index (χ1) is 6.45. The van der Waals surface area contributed by atoms with Crippen molar-refractivity contribution in [1.82, 2.24) is 4.98 Å². The number of carboxylic acid groups (broad SMARTS) is 1. The number of hydrogen-bond donors (Lipinski definition) is 2. The van der Waals surface area contributed by atoms with Gasteiger partial charge < -0.3 is 10.2 Å². The van der Waals surface area contributed by atoms with E-state index in [1.165, 1.54) is 6.92 Å². The standard InChI is InChI=1S/C8H7F2NO3/c1-3-5(8(13)14)6(7(9)10)4(12)2-11-3/h2,7,12H,1H3,(H,13,14). The monoisotopic (exact) mass is 203 g/mol. The summed E-state index contributed by atoms with van der Waals surface area (Å²) in [6, 6.07) is 0. The molecule has 1 rings (SSSR count). The second kappa shape index (κ2) is 3.57. The molecule has 0 aliphatic heterocycles. The third-order valence-electron chi connectivity index (χ3n) is 1.72. The molecule has 0 aliphatic carbocycles. The number of hydrogen-bond acceptors (Lipinski definition) is 3. The maximum Gasteiger partial charge on any atom is 0.338 e. The van der Waals surface area contributed by atoms with Crippen molar-refractivity contribution in [3.8, 4) is 5.75 Å². The summed E-state index contributed by atoms with van der Waals surface area (Å²) in [6.07, 6.45) is -2.23. The van der Waals surface area contributed by atoms with Crippen LogP contribution in [0.15, 0.2) is 6.20 Å². The maximum atomic E-state index is 12.4. The molecule has 0 aromatic carbocycles. The lowest BCUT2D eigenvalue weighted by Crippen LogP contribution is -2.07. The van der Waals surface area contributed by atoms with Gasteiger partial charge in [-0.1, -0.05) is 0 Å². The number of rotatable bonds is 2. The van der Waals surface area contributed by atoms with Crippen molar-refractivity contribution in [3.05, 3.63) is 23.0 Å². The third kappa shape index (κ3) is 1.63. The van der Waals surface area contributed by atoms with Gasteiger partial charge in [-0.15, -0.1) is 0 Å². The quantitative estimate of drug-likeness (QED) is 0.767. The molecule has 0 atom stereocenters. The van der Waals surface area contributed by atoms with Gasteiger partial charge in [0.1, 0.15) is 5.75 Å². The molecule has 0 saturated heterocycles. The van der Waals surface area contributed by atoms with Crippen molar-refractivity contribution in [2.24, 2.45) is 0 Å². The van der Waals surface area contributed by atoms with E-state index >= 15 is 0 Å². The number of aromatic nitrogens is 1. The van der Waals surface area contributed by atoms with E-state index in [1.54, 1.807) is 0 Å². The first-order valence-corrected chi connectivity index (χ1v) is 3.65. The molecule has 2 N–H and O–H groups in total. The van der Waals surface area contributed by atoms with Gasteiger partial charge in [0.15, 0.2) is 0 Å². The lowest BCUT2D eigenvalue weighted by molar-refractivity contribution is 0.0681. The highest BCUT2D eigenvalue weighted by Gasteiger charge is 2.24. The van der Waals surface area contributed by atoms with Crippen LogP contribution in [0.4, 0.5) is 8.78 Å². The number of aromatic hydroxyl groups is 1. The Morgan fingerprint density at radius 1 is 1.57 bits per heavy atom. The summed E-state index contributed by atoms with van der Waals surface area (Å²) < 4.78 is 24.8. The van der Waals surface area contributed by atoms with Crippen LogP contribution in [0.2, 0.25) is 0 Å². The fourth-order valence-electron chi connectivity index (χ4n) is 1.11. The van der Waals surface area contributed by atoms with E-state index in [1.807, 2.05) is 0 Å². The molecule has 0 amide bonds. The van der Waals surface area contributed by atoms with E-state index in [9.17, 15) is 13.6 Å². The minimum absolute atomic E-state index is 0.0504. The van der Waals surface area contributed by atoms with E-state index in [0.717, 1.165) is 6.20 Å². The highest BCUT2D eigenvalue weighted by molar-refractivity contribution is 5.91. The predicted molar refractivity (Wildman–Crippen MR) is 42.6 cm³/mol. The zero-order chi connectivity index (χ0) is 10.9. The van der Waals surface area contributed by atoms with Crippen LogP contribution >= 0.6 is 0 Å². The third-order valence-corrected chi connectivity index (χ3v) is 1.72. The van der Waals surface area contributed by atoms with Gasteiger partial charge in [-0.25, -0.2) is 13.6 Å². The summed E-state index contributed by atoms with van der Waals surface area (Å²) in [5.41, 5.74) is -1.57. The summed E-state index contributed by atoms with van der Waals surface area (Å²) in [5.74, 6) is -2.33. The average molecular weight is 203 g/mol. The van der Waals surface area contributed by atoms with Gasteiger partial charge in [0.05, 0.1) is 23.0 Å². The highest BCUT2D eigenvalue weighted by atomic mass is 19.3. The van der Waals surface area contributed by atoms with Crippen molar-refractivity contribution < 1.29 is 23.8 Å². The van der Waals surface area contributed by atoms with E-state index < -0.39 is 29.3 Å². The first-order valence-electron chi connectivity index (χ1n) is 3.65. The number of carboxylic acids is 1. The fourth-order valence-corrected chi connectivity index (χ4v) is 1.11. The molecule has 0 radical (unpaired) electrons. The van der Waals surface area contributed by atoms with Crippen LogP contribution in [0.3, 0.4) is 0 Å². The Bertz CT molecular complexity index is 379. The van der Waals surface area contributed by atoms with Crippen LogP contribution in [0.5, 0.6) is 5.75 Å². The Kier molecular flexibility index (Phi) is 2.64. The Balaban J connectivity index is 3.50. The molecule has 0 spiro atoms. The van der Waals surface area contributed by atoms with Gasteiger partial charge in [0.25, 0.3) is 6.43 Å². The Morgan fingerprint density at radius 2 is 2.14 bits per heavy atom. The molecule has 0 unspecified atom stereocenters. The van der Waals surface area contributed by atoms with Crippen molar-refractivity contribution in [2.45, 2.75) is 13.3 Å². The van der Waals surface area contributed by atoms with Crippen LogP contribution in [0.25, 0.3) is 0 Å². The average Bonchev–Trinajstić information content (AvgIpc) is 2.07. The molecular weight excluding hydrogens is 196 g/mol. The van der Waals surface area contributed by atoms with Gasteiger partial charge in [0, 0.05) is 0 Å². The minimum atomic E-state index is -3.04. The van der Waals surface area contributed by atoms with Crippen LogP contribution in [0, 0.1) is 6.92 Å². The molecule has 6 heteroatoms. The van der Waals surface area contributed by atoms with Gasteiger partial charge in [-0.3, -0.25) is 4.98 Å². The smallest absolute Gasteiger partial charge is 0.338 e. The summed E-state index contributed by atoms with van der Waals surface area (Å²) in [5, 5.41) is 17.7. The van der Waals surface area contributed by atoms with E-state index in [0.29, 0.717) is 0 Å². The zero-order valence-electron chi connectivity index (χ0n) is 7.16.